The number of aliphatic hydroxyl groups is 1. The number of urea groups is 1. The molecule has 0 aromatic rings. The van der Waals surface area contributed by atoms with Crippen molar-refractivity contribution >= 4 is 12.0 Å². The summed E-state index contributed by atoms with van der Waals surface area (Å²) in [5.74, 6) is -1.28. The summed E-state index contributed by atoms with van der Waals surface area (Å²) in [5, 5.41) is 22.6. The molecule has 1 atom stereocenters. The van der Waals surface area contributed by atoms with Crippen molar-refractivity contribution in [2.24, 2.45) is 0 Å². The molecule has 0 spiro atoms. The van der Waals surface area contributed by atoms with Crippen LogP contribution in [0.4, 0.5) is 4.79 Å². The van der Waals surface area contributed by atoms with Crippen molar-refractivity contribution in [2.75, 3.05) is 13.7 Å². The Morgan fingerprint density at radius 2 is 2.12 bits per heavy atom. The van der Waals surface area contributed by atoms with Crippen LogP contribution in [-0.4, -0.2) is 54.1 Å². The molecule has 1 rings (SSSR count). The van der Waals surface area contributed by atoms with Gasteiger partial charge in [0.05, 0.1) is 6.10 Å². The molecule has 98 valence electrons. The van der Waals surface area contributed by atoms with Crippen molar-refractivity contribution in [2.45, 2.75) is 37.5 Å². The van der Waals surface area contributed by atoms with E-state index in [1.54, 1.807) is 7.11 Å². The zero-order valence-corrected chi connectivity index (χ0v) is 9.68. The summed E-state index contributed by atoms with van der Waals surface area (Å²) >= 11 is 0. The maximum absolute atomic E-state index is 11.3. The summed E-state index contributed by atoms with van der Waals surface area (Å²) in [6.07, 6.45) is 0.364. The zero-order valence-electron chi connectivity index (χ0n) is 9.68. The number of hydrogen-bond donors (Lipinski definition) is 4. The van der Waals surface area contributed by atoms with Crippen molar-refractivity contribution in [1.29, 1.82) is 0 Å². The third-order valence-corrected chi connectivity index (χ3v) is 2.75. The number of carbonyl (C=O) groups excluding carboxylic acids is 1. The van der Waals surface area contributed by atoms with Crippen LogP contribution >= 0.6 is 0 Å². The second kappa shape index (κ2) is 6.41. The molecule has 7 heteroatoms. The van der Waals surface area contributed by atoms with E-state index in [1.807, 2.05) is 0 Å². The second-order valence-electron chi connectivity index (χ2n) is 4.07. The monoisotopic (exact) mass is 246 g/mol. The van der Waals surface area contributed by atoms with Gasteiger partial charge in [-0.3, -0.25) is 0 Å². The number of ether oxygens (including phenoxy) is 1. The minimum atomic E-state index is -1.43. The first kappa shape index (κ1) is 13.7. The first-order valence-corrected chi connectivity index (χ1v) is 5.51. The first-order chi connectivity index (χ1) is 8.02. The molecule has 0 aliphatic heterocycles. The highest BCUT2D eigenvalue weighted by molar-refractivity contribution is 5.74. The first-order valence-electron chi connectivity index (χ1n) is 5.51. The lowest BCUT2D eigenvalue weighted by Gasteiger charge is -2.34. The van der Waals surface area contributed by atoms with Crippen LogP contribution in [-0.2, 0) is 9.53 Å². The number of carboxylic acid groups (broad SMARTS) is 1. The highest BCUT2D eigenvalue weighted by Crippen LogP contribution is 2.22. The van der Waals surface area contributed by atoms with Crippen LogP contribution in [0.3, 0.4) is 0 Å². The Labute approximate surface area is 99.1 Å². The van der Waals surface area contributed by atoms with E-state index in [9.17, 15) is 9.59 Å². The SMILES string of the molecule is COC1CC(NC(=O)NCC[C@H](O)C(=O)O)C1. The van der Waals surface area contributed by atoms with Crippen LogP contribution in [0.5, 0.6) is 0 Å². The fourth-order valence-corrected chi connectivity index (χ4v) is 1.56. The van der Waals surface area contributed by atoms with E-state index in [1.165, 1.54) is 0 Å². The smallest absolute Gasteiger partial charge is 0.332 e. The van der Waals surface area contributed by atoms with Gasteiger partial charge in [0.25, 0.3) is 0 Å². The largest absolute Gasteiger partial charge is 0.479 e. The average molecular weight is 246 g/mol. The predicted molar refractivity (Wildman–Crippen MR) is 58.6 cm³/mol. The minimum Gasteiger partial charge on any atom is -0.479 e. The van der Waals surface area contributed by atoms with Gasteiger partial charge < -0.3 is 25.6 Å². The zero-order chi connectivity index (χ0) is 12.8. The van der Waals surface area contributed by atoms with Gasteiger partial charge in [0.1, 0.15) is 0 Å². The standard InChI is InChI=1S/C10H18N2O5/c1-17-7-4-6(5-7)12-10(16)11-3-2-8(13)9(14)15/h6-8,13H,2-5H2,1H3,(H,14,15)(H2,11,12,16)/t6?,7?,8-/m0/s1. The fourth-order valence-electron chi connectivity index (χ4n) is 1.56. The molecule has 0 bridgehead atoms. The van der Waals surface area contributed by atoms with Crippen molar-refractivity contribution in [3.63, 3.8) is 0 Å². The molecule has 0 aromatic carbocycles. The summed E-state index contributed by atoms with van der Waals surface area (Å²) in [6, 6.07) is -0.230. The number of aliphatic carboxylic acids is 1. The van der Waals surface area contributed by atoms with E-state index in [0.29, 0.717) is 0 Å². The number of nitrogens with one attached hydrogen (secondary N) is 2. The molecule has 4 N–H and O–H groups in total. The van der Waals surface area contributed by atoms with Gasteiger partial charge in [-0.25, -0.2) is 9.59 Å². The summed E-state index contributed by atoms with van der Waals surface area (Å²) in [5.41, 5.74) is 0. The molecule has 0 aromatic heterocycles. The average Bonchev–Trinajstić information content (AvgIpc) is 2.22. The lowest BCUT2D eigenvalue weighted by atomic mass is 9.89. The van der Waals surface area contributed by atoms with Crippen molar-refractivity contribution < 1.29 is 24.5 Å². The van der Waals surface area contributed by atoms with Gasteiger partial charge in [-0.15, -0.1) is 0 Å². The summed E-state index contributed by atoms with van der Waals surface area (Å²) in [7, 11) is 1.63. The number of aliphatic hydroxyl groups excluding tert-OH is 1. The van der Waals surface area contributed by atoms with Crippen LogP contribution in [0.25, 0.3) is 0 Å². The molecule has 1 saturated carbocycles. The Morgan fingerprint density at radius 3 is 2.65 bits per heavy atom. The van der Waals surface area contributed by atoms with E-state index in [0.717, 1.165) is 12.8 Å². The molecular weight excluding hydrogens is 228 g/mol. The van der Waals surface area contributed by atoms with E-state index >= 15 is 0 Å². The normalized spacial score (nSPS) is 24.6. The minimum absolute atomic E-state index is 0.00584. The molecular formula is C10H18N2O5. The van der Waals surface area contributed by atoms with Crippen molar-refractivity contribution in [3.05, 3.63) is 0 Å². The van der Waals surface area contributed by atoms with E-state index in [4.69, 9.17) is 14.9 Å². The number of carboxylic acids is 1. The van der Waals surface area contributed by atoms with Crippen LogP contribution in [0, 0.1) is 0 Å². The quantitative estimate of drug-likeness (QED) is 0.495. The Balaban J connectivity index is 2.04. The molecule has 0 radical (unpaired) electrons. The topological polar surface area (TPSA) is 108 Å². The number of carbonyl (C=O) groups is 2. The number of rotatable bonds is 6. The van der Waals surface area contributed by atoms with Gasteiger partial charge in [-0.05, 0) is 12.8 Å². The maximum Gasteiger partial charge on any atom is 0.332 e. The highest BCUT2D eigenvalue weighted by atomic mass is 16.5. The fraction of sp³-hybridized carbons (Fsp3) is 0.800. The molecule has 0 saturated heterocycles. The number of hydrogen-bond acceptors (Lipinski definition) is 4. The summed E-state index contributed by atoms with van der Waals surface area (Å²) < 4.78 is 5.07. The van der Waals surface area contributed by atoms with Gasteiger partial charge in [0, 0.05) is 26.1 Å². The Bertz CT molecular complexity index is 278. The Hall–Kier alpha value is -1.34. The molecule has 1 fully saturated rings. The predicted octanol–water partition coefficient (Wildman–Crippen LogP) is -0.701. The van der Waals surface area contributed by atoms with E-state index in [2.05, 4.69) is 10.6 Å². The van der Waals surface area contributed by atoms with Gasteiger partial charge >= 0.3 is 12.0 Å². The summed E-state index contributed by atoms with van der Waals surface area (Å²) in [6.45, 7) is 0.125. The van der Waals surface area contributed by atoms with Gasteiger partial charge in [-0.2, -0.15) is 0 Å². The Morgan fingerprint density at radius 1 is 1.47 bits per heavy atom. The molecule has 7 nitrogen and oxygen atoms in total. The lowest BCUT2D eigenvalue weighted by molar-refractivity contribution is -0.146. The van der Waals surface area contributed by atoms with Crippen LogP contribution in [0.2, 0.25) is 0 Å². The van der Waals surface area contributed by atoms with Gasteiger partial charge in [-0.1, -0.05) is 0 Å². The van der Waals surface area contributed by atoms with Crippen LogP contribution in [0.1, 0.15) is 19.3 Å². The van der Waals surface area contributed by atoms with Crippen LogP contribution < -0.4 is 10.6 Å². The third-order valence-electron chi connectivity index (χ3n) is 2.75. The molecule has 0 unspecified atom stereocenters. The number of amides is 2. The second-order valence-corrected chi connectivity index (χ2v) is 4.07. The van der Waals surface area contributed by atoms with Gasteiger partial charge in [0.2, 0.25) is 0 Å². The van der Waals surface area contributed by atoms with Crippen molar-refractivity contribution in [3.8, 4) is 0 Å². The highest BCUT2D eigenvalue weighted by Gasteiger charge is 2.29. The van der Waals surface area contributed by atoms with E-state index in [-0.39, 0.29) is 31.1 Å². The molecule has 1 aliphatic rings. The summed E-state index contributed by atoms with van der Waals surface area (Å²) in [4.78, 5) is 21.6. The Kier molecular flexibility index (Phi) is 5.17. The molecule has 1 aliphatic carbocycles. The number of methoxy groups -OCH3 is 1. The third kappa shape index (κ3) is 4.58. The van der Waals surface area contributed by atoms with Gasteiger partial charge in [0.15, 0.2) is 6.10 Å². The lowest BCUT2D eigenvalue weighted by Crippen LogP contribution is -2.51. The maximum atomic E-state index is 11.3. The molecule has 17 heavy (non-hydrogen) atoms. The van der Waals surface area contributed by atoms with Crippen molar-refractivity contribution in [1.82, 2.24) is 10.6 Å². The van der Waals surface area contributed by atoms with E-state index < -0.39 is 12.1 Å². The van der Waals surface area contributed by atoms with Crippen LogP contribution in [0.15, 0.2) is 0 Å². The molecule has 0 heterocycles. The molecule has 2 amide bonds.